The molecule has 1 aliphatic rings. The Hall–Kier alpha value is -2.20. The average molecular weight is 418 g/mol. The van der Waals surface area contributed by atoms with Crippen molar-refractivity contribution >= 4 is 46.2 Å². The van der Waals surface area contributed by atoms with Crippen molar-refractivity contribution in [1.29, 1.82) is 0 Å². The summed E-state index contributed by atoms with van der Waals surface area (Å²) in [4.78, 5) is 0. The Labute approximate surface area is 172 Å². The summed E-state index contributed by atoms with van der Waals surface area (Å²) >= 11 is 18.7. The van der Waals surface area contributed by atoms with Gasteiger partial charge in [0, 0.05) is 27.6 Å². The van der Waals surface area contributed by atoms with E-state index in [-0.39, 0.29) is 16.8 Å². The Bertz CT molecular complexity index is 1020. The molecule has 0 unspecified atom stereocenters. The lowest BCUT2D eigenvalue weighted by Gasteiger charge is -2.25. The number of anilines is 1. The summed E-state index contributed by atoms with van der Waals surface area (Å²) in [7, 11) is 0. The Morgan fingerprint density at radius 2 is 1.59 bits per heavy atom. The molecule has 0 aliphatic carbocycles. The first-order valence-corrected chi connectivity index (χ1v) is 9.52. The van der Waals surface area contributed by atoms with Crippen LogP contribution in [0.1, 0.15) is 23.6 Å². The maximum absolute atomic E-state index is 10.6. The molecule has 136 valence electrons. The molecule has 3 nitrogen and oxygen atoms in total. The number of aromatic hydroxyl groups is 1. The third-order valence-corrected chi connectivity index (χ3v) is 5.37. The van der Waals surface area contributed by atoms with Gasteiger partial charge in [0.05, 0.1) is 22.5 Å². The quantitative estimate of drug-likeness (QED) is 0.514. The van der Waals surface area contributed by atoms with Crippen LogP contribution in [0.3, 0.4) is 0 Å². The van der Waals surface area contributed by atoms with E-state index in [1.807, 2.05) is 59.6 Å². The smallest absolute Gasteiger partial charge is 0.139 e. The van der Waals surface area contributed by atoms with Gasteiger partial charge >= 0.3 is 0 Å². The SMILES string of the molecule is Oc1c(Cl)cc(Cl)cc1[C@@H]1CC(c2ccccc2Cl)=NN1c1ccccc1. The van der Waals surface area contributed by atoms with Crippen LogP contribution in [-0.2, 0) is 0 Å². The van der Waals surface area contributed by atoms with Crippen LogP contribution in [0.25, 0.3) is 0 Å². The summed E-state index contributed by atoms with van der Waals surface area (Å²) < 4.78 is 0. The molecule has 0 amide bonds. The number of rotatable bonds is 3. The van der Waals surface area contributed by atoms with Crippen molar-refractivity contribution < 1.29 is 5.11 Å². The van der Waals surface area contributed by atoms with Gasteiger partial charge in [0.25, 0.3) is 0 Å². The highest BCUT2D eigenvalue weighted by atomic mass is 35.5. The van der Waals surface area contributed by atoms with Gasteiger partial charge in [-0.15, -0.1) is 0 Å². The molecule has 1 N–H and O–H groups in total. The van der Waals surface area contributed by atoms with E-state index in [1.54, 1.807) is 6.07 Å². The summed E-state index contributed by atoms with van der Waals surface area (Å²) in [5.74, 6) is 0.0163. The third kappa shape index (κ3) is 3.51. The van der Waals surface area contributed by atoms with Gasteiger partial charge in [0.15, 0.2) is 0 Å². The highest BCUT2D eigenvalue weighted by Gasteiger charge is 2.33. The lowest BCUT2D eigenvalue weighted by molar-refractivity contribution is 0.461. The molecular weight excluding hydrogens is 403 g/mol. The largest absolute Gasteiger partial charge is 0.506 e. The number of phenolic OH excluding ortho intramolecular Hbond substituents is 1. The molecule has 0 spiro atoms. The molecule has 0 saturated heterocycles. The second-order valence-electron chi connectivity index (χ2n) is 6.25. The van der Waals surface area contributed by atoms with Crippen LogP contribution in [0.2, 0.25) is 15.1 Å². The van der Waals surface area contributed by atoms with Crippen LogP contribution >= 0.6 is 34.8 Å². The highest BCUT2D eigenvalue weighted by Crippen LogP contribution is 2.43. The topological polar surface area (TPSA) is 35.8 Å². The fraction of sp³-hybridized carbons (Fsp3) is 0.0952. The molecule has 0 aromatic heterocycles. The zero-order valence-electron chi connectivity index (χ0n) is 14.1. The van der Waals surface area contributed by atoms with Crippen molar-refractivity contribution in [3.05, 3.63) is 92.9 Å². The maximum atomic E-state index is 10.6. The van der Waals surface area contributed by atoms with Crippen molar-refractivity contribution in [3.8, 4) is 5.75 Å². The molecule has 0 saturated carbocycles. The van der Waals surface area contributed by atoms with Crippen LogP contribution in [0.15, 0.2) is 71.8 Å². The van der Waals surface area contributed by atoms with Crippen LogP contribution in [0.5, 0.6) is 5.75 Å². The van der Waals surface area contributed by atoms with Gasteiger partial charge in [-0.2, -0.15) is 5.10 Å². The highest BCUT2D eigenvalue weighted by molar-refractivity contribution is 6.36. The number of hydrazone groups is 1. The monoisotopic (exact) mass is 416 g/mol. The van der Waals surface area contributed by atoms with E-state index in [0.717, 1.165) is 17.0 Å². The normalized spacial score (nSPS) is 16.5. The summed E-state index contributed by atoms with van der Waals surface area (Å²) in [5, 5.41) is 18.6. The van der Waals surface area contributed by atoms with E-state index < -0.39 is 0 Å². The fourth-order valence-electron chi connectivity index (χ4n) is 3.27. The number of hydrogen-bond donors (Lipinski definition) is 1. The van der Waals surface area contributed by atoms with Gasteiger partial charge in [0.2, 0.25) is 0 Å². The predicted octanol–water partition coefficient (Wildman–Crippen LogP) is 6.71. The van der Waals surface area contributed by atoms with Gasteiger partial charge in [-0.05, 0) is 30.3 Å². The van der Waals surface area contributed by atoms with Gasteiger partial charge in [0.1, 0.15) is 5.75 Å². The van der Waals surface area contributed by atoms with Crippen LogP contribution < -0.4 is 5.01 Å². The summed E-state index contributed by atoms with van der Waals surface area (Å²) in [5.41, 5.74) is 3.24. The van der Waals surface area contributed by atoms with Crippen molar-refractivity contribution in [2.24, 2.45) is 5.10 Å². The number of hydrogen-bond acceptors (Lipinski definition) is 3. The first-order chi connectivity index (χ1) is 13.0. The van der Waals surface area contributed by atoms with E-state index in [1.165, 1.54) is 6.07 Å². The van der Waals surface area contributed by atoms with Gasteiger partial charge in [-0.25, -0.2) is 0 Å². The molecular formula is C21H15Cl3N2O. The lowest BCUT2D eigenvalue weighted by atomic mass is 9.97. The third-order valence-electron chi connectivity index (χ3n) is 4.53. The molecule has 1 heterocycles. The van der Waals surface area contributed by atoms with Crippen molar-refractivity contribution in [2.45, 2.75) is 12.5 Å². The molecule has 0 radical (unpaired) electrons. The molecule has 0 bridgehead atoms. The number of halogens is 3. The molecule has 0 fully saturated rings. The second-order valence-corrected chi connectivity index (χ2v) is 7.50. The average Bonchev–Trinajstić information content (AvgIpc) is 3.10. The van der Waals surface area contributed by atoms with E-state index >= 15 is 0 Å². The van der Waals surface area contributed by atoms with E-state index in [9.17, 15) is 5.11 Å². The summed E-state index contributed by atoms with van der Waals surface area (Å²) in [6.45, 7) is 0. The Kier molecular flexibility index (Phi) is 5.00. The van der Waals surface area contributed by atoms with Crippen LogP contribution in [0.4, 0.5) is 5.69 Å². The minimum absolute atomic E-state index is 0.0163. The van der Waals surface area contributed by atoms with E-state index in [2.05, 4.69) is 0 Å². The number of benzene rings is 3. The zero-order chi connectivity index (χ0) is 19.0. The predicted molar refractivity (Wildman–Crippen MR) is 112 cm³/mol. The van der Waals surface area contributed by atoms with Crippen molar-refractivity contribution in [1.82, 2.24) is 0 Å². The Morgan fingerprint density at radius 1 is 0.889 bits per heavy atom. The van der Waals surface area contributed by atoms with E-state index in [4.69, 9.17) is 39.9 Å². The summed E-state index contributed by atoms with van der Waals surface area (Å²) in [6, 6.07) is 20.4. The molecule has 3 aromatic carbocycles. The molecule has 6 heteroatoms. The van der Waals surface area contributed by atoms with Crippen LogP contribution in [-0.4, -0.2) is 10.8 Å². The minimum Gasteiger partial charge on any atom is -0.506 e. The van der Waals surface area contributed by atoms with Gasteiger partial charge in [-0.3, -0.25) is 5.01 Å². The number of para-hydroxylation sites is 1. The van der Waals surface area contributed by atoms with Gasteiger partial charge in [-0.1, -0.05) is 71.2 Å². The lowest BCUT2D eigenvalue weighted by Crippen LogP contribution is -2.18. The molecule has 27 heavy (non-hydrogen) atoms. The van der Waals surface area contributed by atoms with Crippen molar-refractivity contribution in [2.75, 3.05) is 5.01 Å². The van der Waals surface area contributed by atoms with Crippen LogP contribution in [0, 0.1) is 0 Å². The Balaban J connectivity index is 1.83. The number of nitrogens with zero attached hydrogens (tertiary/aromatic N) is 2. The summed E-state index contributed by atoms with van der Waals surface area (Å²) in [6.07, 6.45) is 0.558. The minimum atomic E-state index is -0.255. The number of phenols is 1. The fourth-order valence-corrected chi connectivity index (χ4v) is 4.02. The molecule has 4 rings (SSSR count). The first kappa shape index (κ1) is 18.2. The van der Waals surface area contributed by atoms with Gasteiger partial charge < -0.3 is 5.11 Å². The van der Waals surface area contributed by atoms with Crippen molar-refractivity contribution in [3.63, 3.8) is 0 Å². The van der Waals surface area contributed by atoms with E-state index in [0.29, 0.717) is 22.0 Å². The standard InChI is InChI=1S/C21H15Cl3N2O/c22-13-10-16(21(27)18(24)11-13)20-12-19(15-8-4-5-9-17(15)23)25-26(20)14-6-2-1-3-7-14/h1-11,20,27H,12H2/t20-/m0/s1. The molecule has 1 atom stereocenters. The molecule has 3 aromatic rings. The second kappa shape index (κ2) is 7.43. The Morgan fingerprint density at radius 3 is 2.33 bits per heavy atom. The first-order valence-electron chi connectivity index (χ1n) is 8.39. The zero-order valence-corrected chi connectivity index (χ0v) is 16.4. The molecule has 1 aliphatic heterocycles. The maximum Gasteiger partial charge on any atom is 0.139 e.